The van der Waals surface area contributed by atoms with Gasteiger partial charge in [-0.3, -0.25) is 9.59 Å². The quantitative estimate of drug-likeness (QED) is 0.277. The molecule has 0 aromatic heterocycles. The molecule has 7 nitrogen and oxygen atoms in total. The highest BCUT2D eigenvalue weighted by Gasteiger charge is 2.80. The Morgan fingerprint density at radius 2 is 1.87 bits per heavy atom. The normalized spacial score (nSPS) is 40.9. The number of fused-ring (bicyclic) bond motifs is 7. The molecule has 0 amide bonds. The van der Waals surface area contributed by atoms with Crippen LogP contribution in [0.3, 0.4) is 0 Å². The van der Waals surface area contributed by atoms with Gasteiger partial charge in [-0.05, 0) is 86.1 Å². The average molecular weight is 652 g/mol. The summed E-state index contributed by atoms with van der Waals surface area (Å²) in [5.41, 5.74) is 2.87. The van der Waals surface area contributed by atoms with Crippen LogP contribution in [-0.4, -0.2) is 58.0 Å². The molecule has 0 bridgehead atoms. The van der Waals surface area contributed by atoms with E-state index >= 15 is 8.78 Å². The van der Waals surface area contributed by atoms with Gasteiger partial charge in [0, 0.05) is 38.6 Å². The number of benzene rings is 2. The zero-order valence-electron chi connectivity index (χ0n) is 26.0. The first-order chi connectivity index (χ1) is 21.8. The number of aryl methyl sites for hydroxylation is 1. The number of hydrogen-bond donors (Lipinski definition) is 3. The van der Waals surface area contributed by atoms with Gasteiger partial charge in [0.1, 0.15) is 12.8 Å². The summed E-state index contributed by atoms with van der Waals surface area (Å²) in [5.74, 6) is -1.87. The van der Waals surface area contributed by atoms with Gasteiger partial charge < -0.3 is 25.4 Å². The molecule has 10 atom stereocenters. The number of carbonyl (C=O) groups excluding carboxylic acids is 2. The smallest absolute Gasteiger partial charge is 0.193 e. The number of nitrogen functional groups attached to an aromatic ring is 1. The number of ether oxygens (including phenoxy) is 2. The van der Waals surface area contributed by atoms with Gasteiger partial charge in [-0.15, -0.1) is 11.8 Å². The Kier molecular flexibility index (Phi) is 7.45. The van der Waals surface area contributed by atoms with Crippen LogP contribution >= 0.6 is 11.8 Å². The standard InChI is InChI=1S/C36H39F2NO6S/c1-19-12-23(8-9-28(19)39)46-18-20-4-6-21(7-5-20)32-44-31-15-24-25-14-27(37)26-13-22(41)10-11-33(26,2)35(25,38)29(42)16-34(24,3)36(31,45-32)30(43)17-40/h4-13,24-25,27,29,31-32,40,42H,14-18,39H2,1-3H3/t24-,25-,27-,29-,31+,32-,33-,34-,35-,36+/m0/s1. The van der Waals surface area contributed by atoms with Crippen molar-refractivity contribution in [1.82, 2.24) is 0 Å². The molecule has 1 aliphatic heterocycles. The van der Waals surface area contributed by atoms with Crippen LogP contribution in [0.15, 0.2) is 71.2 Å². The van der Waals surface area contributed by atoms with Gasteiger partial charge in [-0.1, -0.05) is 37.3 Å². The van der Waals surface area contributed by atoms with E-state index in [4.69, 9.17) is 15.2 Å². The molecule has 0 radical (unpaired) electrons. The predicted molar refractivity (Wildman–Crippen MR) is 169 cm³/mol. The lowest BCUT2D eigenvalue weighted by Gasteiger charge is -2.63. The Labute approximate surface area is 271 Å². The van der Waals surface area contributed by atoms with Gasteiger partial charge in [-0.2, -0.15) is 0 Å². The zero-order chi connectivity index (χ0) is 32.8. The second-order valence-electron chi connectivity index (χ2n) is 14.0. The Hall–Kier alpha value is -2.89. The fourth-order valence-electron chi connectivity index (χ4n) is 9.39. The average Bonchev–Trinajstić information content (AvgIpc) is 3.53. The van der Waals surface area contributed by atoms with Gasteiger partial charge in [0.15, 0.2) is 29.1 Å². The van der Waals surface area contributed by atoms with Crippen molar-refractivity contribution in [2.24, 2.45) is 22.7 Å². The third kappa shape index (κ3) is 4.23. The number of aliphatic hydroxyl groups excluding tert-OH is 2. The first-order valence-corrected chi connectivity index (χ1v) is 16.8. The molecule has 2 aromatic carbocycles. The van der Waals surface area contributed by atoms with E-state index < -0.39 is 76.8 Å². The molecule has 0 spiro atoms. The van der Waals surface area contributed by atoms with Gasteiger partial charge in [0.25, 0.3) is 0 Å². The molecule has 4 fully saturated rings. The lowest BCUT2D eigenvalue weighted by atomic mass is 9.44. The maximum Gasteiger partial charge on any atom is 0.193 e. The van der Waals surface area contributed by atoms with Crippen molar-refractivity contribution in [2.45, 2.75) is 86.6 Å². The van der Waals surface area contributed by atoms with E-state index in [9.17, 15) is 19.8 Å². The van der Waals surface area contributed by atoms with E-state index in [-0.39, 0.29) is 24.8 Å². The molecule has 2 aromatic rings. The maximum atomic E-state index is 17.6. The molecule has 7 rings (SSSR count). The Bertz CT molecular complexity index is 1660. The van der Waals surface area contributed by atoms with Gasteiger partial charge >= 0.3 is 0 Å². The number of hydrogen-bond acceptors (Lipinski definition) is 8. The second-order valence-corrected chi connectivity index (χ2v) is 15.1. The summed E-state index contributed by atoms with van der Waals surface area (Å²) in [7, 11) is 0. The molecule has 1 heterocycles. The number of rotatable bonds is 6. The minimum absolute atomic E-state index is 0.0405. The van der Waals surface area contributed by atoms with Crippen molar-refractivity contribution < 1.29 is 38.1 Å². The molecule has 5 aliphatic rings. The molecular formula is C36H39F2NO6S. The number of carbonyl (C=O) groups is 2. The van der Waals surface area contributed by atoms with Crippen molar-refractivity contribution in [3.8, 4) is 0 Å². The largest absolute Gasteiger partial charge is 0.399 e. The first kappa shape index (κ1) is 31.7. The predicted octanol–water partition coefficient (Wildman–Crippen LogP) is 5.51. The molecule has 10 heteroatoms. The van der Waals surface area contributed by atoms with Crippen LogP contribution in [0.5, 0.6) is 0 Å². The fraction of sp³-hybridized carbons (Fsp3) is 0.500. The van der Waals surface area contributed by atoms with Crippen LogP contribution in [0.1, 0.15) is 56.1 Å². The fourth-order valence-corrected chi connectivity index (χ4v) is 10.3. The highest BCUT2D eigenvalue weighted by Crippen LogP contribution is 2.72. The number of alkyl halides is 2. The SMILES string of the molecule is Cc1cc(SCc2ccc([C@H]3O[C@@H]4C[C@H]5[C@@H]6C[C@H](F)C7=CC(=O)C=C[C@]7(C)[C@@]6(F)[C@@H](O)C[C@]5(C)[C@]4(C(=O)CO)O3)cc2)ccc1N. The number of ketones is 2. The number of nitrogens with two attached hydrogens (primary N) is 1. The first-order valence-electron chi connectivity index (χ1n) is 15.8. The Morgan fingerprint density at radius 3 is 2.57 bits per heavy atom. The van der Waals surface area contributed by atoms with Crippen LogP contribution in [0.4, 0.5) is 14.5 Å². The summed E-state index contributed by atoms with van der Waals surface area (Å²) in [6.45, 7) is 4.47. The van der Waals surface area contributed by atoms with Crippen LogP contribution < -0.4 is 5.73 Å². The molecular weight excluding hydrogens is 612 g/mol. The van der Waals surface area contributed by atoms with E-state index in [2.05, 4.69) is 6.07 Å². The molecule has 3 saturated carbocycles. The monoisotopic (exact) mass is 651 g/mol. The van der Waals surface area contributed by atoms with Gasteiger partial charge in [0.05, 0.1) is 12.2 Å². The highest BCUT2D eigenvalue weighted by atomic mass is 32.2. The van der Waals surface area contributed by atoms with Crippen LogP contribution in [0.25, 0.3) is 0 Å². The van der Waals surface area contributed by atoms with Crippen LogP contribution in [0.2, 0.25) is 0 Å². The van der Waals surface area contributed by atoms with Gasteiger partial charge in [-0.25, -0.2) is 8.78 Å². The summed E-state index contributed by atoms with van der Waals surface area (Å²) in [6, 6.07) is 13.6. The number of thioether (sulfide) groups is 1. The van der Waals surface area contributed by atoms with Gasteiger partial charge in [0.2, 0.25) is 0 Å². The number of halogens is 2. The van der Waals surface area contributed by atoms with Crippen molar-refractivity contribution in [1.29, 1.82) is 0 Å². The van der Waals surface area contributed by atoms with Crippen LogP contribution in [-0.2, 0) is 24.8 Å². The Morgan fingerprint density at radius 1 is 1.13 bits per heavy atom. The molecule has 0 unspecified atom stereocenters. The Balaban J connectivity index is 1.16. The molecule has 46 heavy (non-hydrogen) atoms. The molecule has 1 saturated heterocycles. The van der Waals surface area contributed by atoms with E-state index in [1.165, 1.54) is 12.2 Å². The minimum Gasteiger partial charge on any atom is -0.399 e. The van der Waals surface area contributed by atoms with Crippen molar-refractivity contribution in [2.75, 3.05) is 12.3 Å². The second kappa shape index (κ2) is 10.8. The number of anilines is 1. The van der Waals surface area contributed by atoms with E-state index in [1.807, 2.05) is 43.3 Å². The lowest BCUT2D eigenvalue weighted by molar-refractivity contribution is -0.235. The summed E-state index contributed by atoms with van der Waals surface area (Å²) >= 11 is 1.69. The molecule has 4 aliphatic carbocycles. The summed E-state index contributed by atoms with van der Waals surface area (Å²) in [5, 5.41) is 21.9. The van der Waals surface area contributed by atoms with E-state index in [0.29, 0.717) is 5.56 Å². The van der Waals surface area contributed by atoms with Crippen LogP contribution in [0, 0.1) is 29.6 Å². The van der Waals surface area contributed by atoms with Crippen molar-refractivity contribution in [3.05, 3.63) is 83.0 Å². The zero-order valence-corrected chi connectivity index (χ0v) is 26.9. The number of Topliss-reactive ketones (excluding diaryl/α,β-unsaturated/α-hetero) is 1. The summed E-state index contributed by atoms with van der Waals surface area (Å²) in [6.07, 6.45) is -1.37. The van der Waals surface area contributed by atoms with E-state index in [1.54, 1.807) is 25.6 Å². The highest BCUT2D eigenvalue weighted by molar-refractivity contribution is 7.98. The van der Waals surface area contributed by atoms with E-state index in [0.717, 1.165) is 33.5 Å². The lowest BCUT2D eigenvalue weighted by Crippen LogP contribution is -2.70. The topological polar surface area (TPSA) is 119 Å². The third-order valence-electron chi connectivity index (χ3n) is 11.8. The summed E-state index contributed by atoms with van der Waals surface area (Å²) < 4.78 is 46.4. The maximum absolute atomic E-state index is 17.6. The number of allylic oxidation sites excluding steroid dienone is 4. The minimum atomic E-state index is -2.29. The van der Waals surface area contributed by atoms with Crippen molar-refractivity contribution in [3.63, 3.8) is 0 Å². The van der Waals surface area contributed by atoms with Crippen molar-refractivity contribution >= 4 is 29.0 Å². The number of aliphatic hydroxyl groups is 2. The molecule has 244 valence electrons. The summed E-state index contributed by atoms with van der Waals surface area (Å²) in [4.78, 5) is 27.0. The third-order valence-corrected chi connectivity index (χ3v) is 12.9. The molecule has 4 N–H and O–H groups in total.